The fourth-order valence-corrected chi connectivity index (χ4v) is 2.08. The van der Waals surface area contributed by atoms with Crippen LogP contribution in [0.2, 0.25) is 6.04 Å². The molecule has 0 atom stereocenters. The largest absolute Gasteiger partial charge is 0.0969 e. The molecule has 0 aromatic carbocycles. The quantitative estimate of drug-likeness (QED) is 0.409. The second kappa shape index (κ2) is 4.70. The zero-order valence-electron chi connectivity index (χ0n) is 3.50. The maximum atomic E-state index is 3.37. The highest BCUT2D eigenvalue weighted by Crippen LogP contribution is 1.78. The van der Waals surface area contributed by atoms with Gasteiger partial charge in [0.25, 0.3) is 0 Å². The van der Waals surface area contributed by atoms with E-state index in [1.165, 1.54) is 11.0 Å². The Kier molecular flexibility index (Phi) is 5.35. The lowest BCUT2D eigenvalue weighted by molar-refractivity contribution is 1.45. The monoisotopic (exact) mass is 152 g/mol. The van der Waals surface area contributed by atoms with Crippen molar-refractivity contribution < 1.29 is 0 Å². The van der Waals surface area contributed by atoms with Crippen LogP contribution >= 0.6 is 15.9 Å². The van der Waals surface area contributed by atoms with Crippen molar-refractivity contribution in [1.82, 2.24) is 0 Å². The molecule has 0 aromatic rings. The Balaban J connectivity index is 2.19. The highest BCUT2D eigenvalue weighted by molar-refractivity contribution is 9.09. The summed E-state index contributed by atoms with van der Waals surface area (Å²) in [4.78, 5) is 1.30. The van der Waals surface area contributed by atoms with Gasteiger partial charge in [0.05, 0.1) is 0 Å². The van der Waals surface area contributed by atoms with E-state index in [4.69, 9.17) is 0 Å². The second-order valence-electron chi connectivity index (χ2n) is 1.04. The van der Waals surface area contributed by atoms with E-state index >= 15 is 0 Å². The molecule has 0 radical (unpaired) electrons. The summed E-state index contributed by atoms with van der Waals surface area (Å²) in [5, 5.41) is 0. The van der Waals surface area contributed by atoms with E-state index in [1.807, 2.05) is 0 Å². The first-order valence-electron chi connectivity index (χ1n) is 1.97. The lowest BCUT2D eigenvalue weighted by Gasteiger charge is -1.75. The summed E-state index contributed by atoms with van der Waals surface area (Å²) in [6.45, 7) is 2.24. The Morgan fingerprint density at radius 1 is 1.80 bits per heavy atom. The van der Waals surface area contributed by atoms with Gasteiger partial charge in [-0.25, -0.2) is 0 Å². The van der Waals surface area contributed by atoms with E-state index in [9.17, 15) is 0 Å². The van der Waals surface area contributed by atoms with E-state index in [0.717, 1.165) is 0 Å². The average Bonchev–Trinajstić information content (AvgIpc) is 1.41. The van der Waals surface area contributed by atoms with Crippen molar-refractivity contribution in [3.8, 4) is 0 Å². The van der Waals surface area contributed by atoms with Gasteiger partial charge in [-0.05, 0) is 4.95 Å². The third-order valence-corrected chi connectivity index (χ3v) is 3.14. The molecule has 0 unspecified atom stereocenters. The average molecular weight is 153 g/mol. The van der Waals surface area contributed by atoms with Crippen molar-refractivity contribution in [3.05, 3.63) is 0 Å². The van der Waals surface area contributed by atoms with Crippen molar-refractivity contribution >= 4 is 25.4 Å². The van der Waals surface area contributed by atoms with Gasteiger partial charge >= 0.3 is 0 Å². The third kappa shape index (κ3) is 4.70. The van der Waals surface area contributed by atoms with Gasteiger partial charge in [-0.15, -0.1) is 0 Å². The molecule has 2 heteroatoms. The van der Waals surface area contributed by atoms with Gasteiger partial charge in [0.15, 0.2) is 0 Å². The molecule has 0 rings (SSSR count). The predicted octanol–water partition coefficient (Wildman–Crippen LogP) is 0.946. The minimum Gasteiger partial charge on any atom is -0.0969 e. The highest BCUT2D eigenvalue weighted by atomic mass is 79.9. The van der Waals surface area contributed by atoms with Crippen LogP contribution in [-0.4, -0.2) is 14.5 Å². The van der Waals surface area contributed by atoms with Gasteiger partial charge in [-0.1, -0.05) is 28.9 Å². The maximum absolute atomic E-state index is 3.37. The lowest BCUT2D eigenvalue weighted by Crippen LogP contribution is -1.83. The first kappa shape index (κ1) is 5.70. The molecule has 0 amide bonds. The smallest absolute Gasteiger partial charge is 0.0323 e. The van der Waals surface area contributed by atoms with Crippen LogP contribution in [-0.2, 0) is 0 Å². The summed E-state index contributed by atoms with van der Waals surface area (Å²) in [6.07, 6.45) is 0. The van der Waals surface area contributed by atoms with E-state index in [2.05, 4.69) is 22.9 Å². The Morgan fingerprint density at radius 2 is 2.40 bits per heavy atom. The number of hydrogen-bond donors (Lipinski definition) is 0. The molecule has 0 nitrogen and oxygen atoms in total. The Labute approximate surface area is 43.9 Å². The van der Waals surface area contributed by atoms with Gasteiger partial charge in [0, 0.05) is 9.52 Å². The van der Waals surface area contributed by atoms with E-state index in [-0.39, 0.29) is 0 Å². The standard InChI is InChI=1S/C3H9BrSi/c1-2-5-3-4/h2-3,5H2,1H3. The van der Waals surface area contributed by atoms with Crippen molar-refractivity contribution in [3.63, 3.8) is 0 Å². The molecule has 0 fully saturated rings. The van der Waals surface area contributed by atoms with Gasteiger partial charge in [0.1, 0.15) is 0 Å². The highest BCUT2D eigenvalue weighted by Gasteiger charge is 1.71. The van der Waals surface area contributed by atoms with Crippen LogP contribution in [0.25, 0.3) is 0 Å². The van der Waals surface area contributed by atoms with Gasteiger partial charge in [0.2, 0.25) is 0 Å². The van der Waals surface area contributed by atoms with Crippen LogP contribution in [0.1, 0.15) is 6.92 Å². The normalized spacial score (nSPS) is 10.8. The van der Waals surface area contributed by atoms with Crippen LogP contribution in [0.3, 0.4) is 0 Å². The SMILES string of the molecule is CC[SiH2]CBr. The molecular formula is C3H9BrSi. The Bertz CT molecular complexity index is 14.4. The van der Waals surface area contributed by atoms with Crippen molar-refractivity contribution in [2.24, 2.45) is 0 Å². The number of rotatable bonds is 2. The minimum absolute atomic E-state index is 0.349. The number of alkyl halides is 1. The van der Waals surface area contributed by atoms with Crippen molar-refractivity contribution in [2.45, 2.75) is 13.0 Å². The van der Waals surface area contributed by atoms with E-state index in [1.54, 1.807) is 0 Å². The molecule has 0 spiro atoms. The van der Waals surface area contributed by atoms with E-state index < -0.39 is 0 Å². The molecule has 0 aliphatic heterocycles. The molecule has 0 saturated heterocycles. The first-order chi connectivity index (χ1) is 2.41. The molecular weight excluding hydrogens is 144 g/mol. The predicted molar refractivity (Wildman–Crippen MR) is 32.8 cm³/mol. The Hall–Kier alpha value is 0.697. The summed E-state index contributed by atoms with van der Waals surface area (Å²) in [6, 6.07) is 1.44. The molecule has 0 N–H and O–H groups in total. The fraction of sp³-hybridized carbons (Fsp3) is 1.00. The van der Waals surface area contributed by atoms with Gasteiger partial charge in [-0.3, -0.25) is 0 Å². The Morgan fingerprint density at radius 3 is 2.40 bits per heavy atom. The van der Waals surface area contributed by atoms with Crippen LogP contribution in [0.15, 0.2) is 0 Å². The summed E-state index contributed by atoms with van der Waals surface area (Å²) in [7, 11) is 0.349. The summed E-state index contributed by atoms with van der Waals surface area (Å²) >= 11 is 3.37. The zero-order valence-corrected chi connectivity index (χ0v) is 6.50. The molecule has 0 bridgehead atoms. The summed E-state index contributed by atoms with van der Waals surface area (Å²) < 4.78 is 0. The molecule has 0 aromatic heterocycles. The summed E-state index contributed by atoms with van der Waals surface area (Å²) in [5.41, 5.74) is 0. The van der Waals surface area contributed by atoms with Crippen molar-refractivity contribution in [1.29, 1.82) is 0 Å². The number of hydrogen-bond acceptors (Lipinski definition) is 0. The van der Waals surface area contributed by atoms with Gasteiger partial charge in [-0.2, -0.15) is 0 Å². The van der Waals surface area contributed by atoms with Crippen LogP contribution in [0.5, 0.6) is 0 Å². The molecule has 0 saturated carbocycles. The maximum Gasteiger partial charge on any atom is 0.0323 e. The van der Waals surface area contributed by atoms with Crippen LogP contribution in [0.4, 0.5) is 0 Å². The molecule has 32 valence electrons. The second-order valence-corrected chi connectivity index (χ2v) is 5.51. The lowest BCUT2D eigenvalue weighted by atomic mass is 11.0. The molecule has 0 aliphatic carbocycles. The minimum atomic E-state index is 0.349. The van der Waals surface area contributed by atoms with E-state index in [0.29, 0.717) is 9.52 Å². The molecule has 0 heterocycles. The number of halogens is 1. The molecule has 5 heavy (non-hydrogen) atoms. The first-order valence-corrected chi connectivity index (χ1v) is 5.10. The zero-order chi connectivity index (χ0) is 4.12. The van der Waals surface area contributed by atoms with Crippen LogP contribution in [0, 0.1) is 0 Å². The molecule has 0 aliphatic rings. The van der Waals surface area contributed by atoms with Gasteiger partial charge < -0.3 is 0 Å². The topological polar surface area (TPSA) is 0 Å². The van der Waals surface area contributed by atoms with Crippen LogP contribution < -0.4 is 0 Å². The third-order valence-electron chi connectivity index (χ3n) is 0.487. The summed E-state index contributed by atoms with van der Waals surface area (Å²) in [5.74, 6) is 0. The fourth-order valence-electron chi connectivity index (χ4n) is 0.134. The van der Waals surface area contributed by atoms with Crippen molar-refractivity contribution in [2.75, 3.05) is 4.95 Å².